The van der Waals surface area contributed by atoms with Crippen molar-refractivity contribution in [2.45, 2.75) is 25.9 Å². The summed E-state index contributed by atoms with van der Waals surface area (Å²) in [5, 5.41) is 2.58. The lowest BCUT2D eigenvalue weighted by molar-refractivity contribution is -0.136. The van der Waals surface area contributed by atoms with E-state index < -0.39 is 18.6 Å². The molecule has 1 N–H and O–H groups in total. The van der Waals surface area contributed by atoms with Crippen molar-refractivity contribution in [1.82, 2.24) is 5.32 Å². The Bertz CT molecular complexity index is 249. The van der Waals surface area contributed by atoms with Gasteiger partial charge in [-0.3, -0.25) is 0 Å². The lowest BCUT2D eigenvalue weighted by Crippen LogP contribution is -2.22. The summed E-state index contributed by atoms with van der Waals surface area (Å²) < 4.78 is 39.8. The third kappa shape index (κ3) is 7.28. The van der Waals surface area contributed by atoms with Gasteiger partial charge in [0.15, 0.2) is 0 Å². The van der Waals surface area contributed by atoms with Gasteiger partial charge < -0.3 is 10.1 Å². The number of methoxy groups -OCH3 is 1. The van der Waals surface area contributed by atoms with E-state index in [1.807, 2.05) is 0 Å². The van der Waals surface area contributed by atoms with Crippen LogP contribution in [0.3, 0.4) is 0 Å². The first-order chi connectivity index (χ1) is 7.40. The van der Waals surface area contributed by atoms with E-state index in [2.05, 4.69) is 10.1 Å². The van der Waals surface area contributed by atoms with Crippen molar-refractivity contribution in [3.8, 4) is 0 Å². The molecule has 0 aliphatic carbocycles. The number of carbonyl (C=O) groups is 1. The number of ether oxygens (including phenoxy) is 1. The number of hydrogen-bond acceptors (Lipinski definition) is 3. The number of alkyl halides is 3. The summed E-state index contributed by atoms with van der Waals surface area (Å²) in [6.45, 7) is 1.85. The Kier molecular flexibility index (Phi) is 6.80. The van der Waals surface area contributed by atoms with Gasteiger partial charge in [0.2, 0.25) is 0 Å². The molecule has 0 aliphatic rings. The van der Waals surface area contributed by atoms with Crippen LogP contribution in [0.15, 0.2) is 11.6 Å². The van der Waals surface area contributed by atoms with Gasteiger partial charge in [-0.25, -0.2) is 4.79 Å². The van der Waals surface area contributed by atoms with Crippen LogP contribution in [0.1, 0.15) is 19.8 Å². The fourth-order valence-electron chi connectivity index (χ4n) is 1.03. The van der Waals surface area contributed by atoms with Crippen LogP contribution < -0.4 is 5.32 Å². The normalized spacial score (nSPS) is 12.7. The number of halogens is 3. The molecule has 0 fully saturated rings. The van der Waals surface area contributed by atoms with E-state index in [9.17, 15) is 18.0 Å². The van der Waals surface area contributed by atoms with E-state index >= 15 is 0 Å². The van der Waals surface area contributed by atoms with Crippen molar-refractivity contribution in [2.24, 2.45) is 0 Å². The Hall–Kier alpha value is -1.04. The monoisotopic (exact) mass is 239 g/mol. The van der Waals surface area contributed by atoms with Crippen LogP contribution in [-0.2, 0) is 9.53 Å². The SMILES string of the molecule is CCC(=CCNCCC(F)(F)F)C(=O)OC. The first-order valence-electron chi connectivity index (χ1n) is 4.95. The molecule has 0 aromatic carbocycles. The fraction of sp³-hybridized carbons (Fsp3) is 0.700. The zero-order chi connectivity index (χ0) is 12.6. The second-order valence-corrected chi connectivity index (χ2v) is 3.14. The Morgan fingerprint density at radius 1 is 1.44 bits per heavy atom. The van der Waals surface area contributed by atoms with Gasteiger partial charge in [0.05, 0.1) is 13.5 Å². The molecular formula is C10H16F3NO2. The topological polar surface area (TPSA) is 38.3 Å². The van der Waals surface area contributed by atoms with Crippen LogP contribution in [0.25, 0.3) is 0 Å². The van der Waals surface area contributed by atoms with Gasteiger partial charge in [-0.1, -0.05) is 13.0 Å². The molecule has 0 spiro atoms. The molecule has 0 aromatic heterocycles. The van der Waals surface area contributed by atoms with Crippen LogP contribution in [0.2, 0.25) is 0 Å². The van der Waals surface area contributed by atoms with Crippen molar-refractivity contribution in [3.63, 3.8) is 0 Å². The standard InChI is InChI=1S/C10H16F3NO2/c1-3-8(9(15)16-2)4-6-14-7-5-10(11,12)13/h4,14H,3,5-7H2,1-2H3. The highest BCUT2D eigenvalue weighted by atomic mass is 19.4. The number of esters is 1. The van der Waals surface area contributed by atoms with Gasteiger partial charge in [-0.15, -0.1) is 0 Å². The maximum atomic E-state index is 11.8. The third-order valence-electron chi connectivity index (χ3n) is 1.91. The van der Waals surface area contributed by atoms with Gasteiger partial charge >= 0.3 is 12.1 Å². The Morgan fingerprint density at radius 3 is 2.50 bits per heavy atom. The molecule has 6 heteroatoms. The minimum atomic E-state index is -4.15. The maximum Gasteiger partial charge on any atom is 0.390 e. The van der Waals surface area contributed by atoms with Crippen LogP contribution in [0, 0.1) is 0 Å². The quantitative estimate of drug-likeness (QED) is 0.438. The van der Waals surface area contributed by atoms with E-state index in [1.54, 1.807) is 13.0 Å². The second-order valence-electron chi connectivity index (χ2n) is 3.14. The first kappa shape index (κ1) is 15.0. The summed E-state index contributed by atoms with van der Waals surface area (Å²) in [5.74, 6) is -0.444. The molecule has 0 saturated heterocycles. The minimum absolute atomic E-state index is 0.155. The molecule has 0 atom stereocenters. The summed E-state index contributed by atoms with van der Waals surface area (Å²) >= 11 is 0. The molecule has 0 amide bonds. The van der Waals surface area contributed by atoms with Crippen molar-refractivity contribution in [1.29, 1.82) is 0 Å². The smallest absolute Gasteiger partial charge is 0.390 e. The van der Waals surface area contributed by atoms with Gasteiger partial charge in [0.1, 0.15) is 0 Å². The molecule has 94 valence electrons. The van der Waals surface area contributed by atoms with Crippen molar-refractivity contribution in [2.75, 3.05) is 20.2 Å². The summed E-state index contributed by atoms with van der Waals surface area (Å²) in [4.78, 5) is 11.1. The predicted molar refractivity (Wildman–Crippen MR) is 53.9 cm³/mol. The molecule has 0 bridgehead atoms. The molecule has 16 heavy (non-hydrogen) atoms. The molecule has 0 aliphatic heterocycles. The van der Waals surface area contributed by atoms with E-state index in [0.29, 0.717) is 12.0 Å². The lowest BCUT2D eigenvalue weighted by Gasteiger charge is -2.06. The molecule has 0 saturated carbocycles. The average Bonchev–Trinajstić information content (AvgIpc) is 2.21. The van der Waals surface area contributed by atoms with E-state index in [0.717, 1.165) is 0 Å². The van der Waals surface area contributed by atoms with Crippen molar-refractivity contribution in [3.05, 3.63) is 11.6 Å². The Balaban J connectivity index is 3.85. The third-order valence-corrected chi connectivity index (χ3v) is 1.91. The molecule has 0 aromatic rings. The number of hydrogen-bond donors (Lipinski definition) is 1. The highest BCUT2D eigenvalue weighted by Crippen LogP contribution is 2.18. The number of nitrogens with one attached hydrogen (secondary N) is 1. The van der Waals surface area contributed by atoms with E-state index in [4.69, 9.17) is 0 Å². The van der Waals surface area contributed by atoms with Gasteiger partial charge in [0.25, 0.3) is 0 Å². The first-order valence-corrected chi connectivity index (χ1v) is 4.95. The number of carbonyl (C=O) groups excluding carboxylic acids is 1. The summed E-state index contributed by atoms with van der Waals surface area (Å²) in [7, 11) is 1.27. The summed E-state index contributed by atoms with van der Waals surface area (Å²) in [6.07, 6.45) is -2.98. The molecule has 0 unspecified atom stereocenters. The van der Waals surface area contributed by atoms with Gasteiger partial charge in [-0.05, 0) is 6.42 Å². The fourth-order valence-corrected chi connectivity index (χ4v) is 1.03. The predicted octanol–water partition coefficient (Wildman–Crippen LogP) is 2.04. The largest absolute Gasteiger partial charge is 0.466 e. The zero-order valence-electron chi connectivity index (χ0n) is 9.36. The molecular weight excluding hydrogens is 223 g/mol. The maximum absolute atomic E-state index is 11.8. The van der Waals surface area contributed by atoms with Crippen LogP contribution in [0.4, 0.5) is 13.2 Å². The molecule has 0 rings (SSSR count). The van der Waals surface area contributed by atoms with Crippen molar-refractivity contribution < 1.29 is 22.7 Å². The lowest BCUT2D eigenvalue weighted by atomic mass is 10.2. The molecule has 0 radical (unpaired) electrons. The van der Waals surface area contributed by atoms with Crippen LogP contribution in [0.5, 0.6) is 0 Å². The molecule has 3 nitrogen and oxygen atoms in total. The Labute approximate surface area is 92.7 Å². The van der Waals surface area contributed by atoms with Gasteiger partial charge in [-0.2, -0.15) is 13.2 Å². The average molecular weight is 239 g/mol. The van der Waals surface area contributed by atoms with Crippen LogP contribution in [-0.4, -0.2) is 32.3 Å². The highest BCUT2D eigenvalue weighted by molar-refractivity contribution is 5.88. The number of rotatable bonds is 6. The Morgan fingerprint density at radius 2 is 2.06 bits per heavy atom. The van der Waals surface area contributed by atoms with Crippen LogP contribution >= 0.6 is 0 Å². The highest BCUT2D eigenvalue weighted by Gasteiger charge is 2.25. The molecule has 0 heterocycles. The summed E-state index contributed by atoms with van der Waals surface area (Å²) in [6, 6.07) is 0. The zero-order valence-corrected chi connectivity index (χ0v) is 9.36. The minimum Gasteiger partial charge on any atom is -0.466 e. The second kappa shape index (κ2) is 7.27. The van der Waals surface area contributed by atoms with E-state index in [1.165, 1.54) is 7.11 Å². The van der Waals surface area contributed by atoms with Gasteiger partial charge in [0, 0.05) is 18.7 Å². The van der Waals surface area contributed by atoms with Crippen molar-refractivity contribution >= 4 is 5.97 Å². The summed E-state index contributed by atoms with van der Waals surface area (Å²) in [5.41, 5.74) is 0.460. The van der Waals surface area contributed by atoms with E-state index in [-0.39, 0.29) is 13.1 Å².